The third-order valence-corrected chi connectivity index (χ3v) is 6.85. The second kappa shape index (κ2) is 5.62. The van der Waals surface area contributed by atoms with E-state index in [2.05, 4.69) is 9.97 Å². The number of imidazole rings is 1. The molecule has 4 rings (SSSR count). The number of nitriles is 2. The average Bonchev–Trinajstić information content (AvgIpc) is 3.20. The van der Waals surface area contributed by atoms with Crippen LogP contribution in [0.2, 0.25) is 0 Å². The first-order valence-electron chi connectivity index (χ1n) is 9.28. The lowest BCUT2D eigenvalue weighted by atomic mass is 9.45. The molecular formula is C22H20N4O2. The Balaban J connectivity index is 2.03. The van der Waals surface area contributed by atoms with Gasteiger partial charge in [-0.25, -0.2) is 4.98 Å². The lowest BCUT2D eigenvalue weighted by Crippen LogP contribution is -2.55. The van der Waals surface area contributed by atoms with Crippen LogP contribution in [0.25, 0.3) is 0 Å². The molecule has 2 unspecified atom stereocenters. The highest BCUT2D eigenvalue weighted by Crippen LogP contribution is 2.63. The van der Waals surface area contributed by atoms with Crippen LogP contribution < -0.4 is 0 Å². The van der Waals surface area contributed by atoms with Crippen LogP contribution in [0.1, 0.15) is 39.4 Å². The Morgan fingerprint density at radius 1 is 1.14 bits per heavy atom. The number of Topliss-reactive ketones (excluding diaryl/α,β-unsaturated/α-hetero) is 1. The molecule has 0 amide bonds. The summed E-state index contributed by atoms with van der Waals surface area (Å²) in [7, 11) is 0. The van der Waals surface area contributed by atoms with Crippen molar-refractivity contribution in [3.05, 3.63) is 53.2 Å². The third kappa shape index (κ3) is 2.09. The molecule has 3 aliphatic rings. The highest BCUT2D eigenvalue weighted by atomic mass is 16.1. The van der Waals surface area contributed by atoms with Gasteiger partial charge in [-0.2, -0.15) is 10.5 Å². The Morgan fingerprint density at radius 2 is 1.86 bits per heavy atom. The van der Waals surface area contributed by atoms with Crippen molar-refractivity contribution in [2.24, 2.45) is 16.7 Å². The van der Waals surface area contributed by atoms with Crippen molar-refractivity contribution in [2.45, 2.75) is 39.0 Å². The number of aromatic nitrogens is 2. The summed E-state index contributed by atoms with van der Waals surface area (Å²) in [6.07, 6.45) is 9.67. The van der Waals surface area contributed by atoms with Gasteiger partial charge in [0.05, 0.1) is 16.6 Å². The lowest BCUT2D eigenvalue weighted by molar-refractivity contribution is -0.130. The van der Waals surface area contributed by atoms with E-state index < -0.39 is 16.2 Å². The number of fused-ring (bicyclic) bond motifs is 3. The van der Waals surface area contributed by atoms with E-state index in [1.54, 1.807) is 24.5 Å². The van der Waals surface area contributed by atoms with E-state index in [0.717, 1.165) is 5.57 Å². The number of aromatic amines is 1. The van der Waals surface area contributed by atoms with Crippen LogP contribution in [0.5, 0.6) is 0 Å². The first kappa shape index (κ1) is 18.1. The summed E-state index contributed by atoms with van der Waals surface area (Å²) in [4.78, 5) is 33.1. The van der Waals surface area contributed by atoms with E-state index >= 15 is 0 Å². The molecule has 0 radical (unpaired) electrons. The van der Waals surface area contributed by atoms with Crippen molar-refractivity contribution in [3.63, 3.8) is 0 Å². The molecule has 1 aromatic heterocycles. The van der Waals surface area contributed by atoms with Crippen molar-refractivity contribution in [1.82, 2.24) is 9.97 Å². The molecule has 1 heterocycles. The third-order valence-electron chi connectivity index (χ3n) is 6.85. The Kier molecular flexibility index (Phi) is 3.64. The lowest BCUT2D eigenvalue weighted by Gasteiger charge is -2.57. The molecule has 1 aromatic rings. The average molecular weight is 372 g/mol. The van der Waals surface area contributed by atoms with E-state index in [4.69, 9.17) is 0 Å². The highest BCUT2D eigenvalue weighted by Gasteiger charge is 2.60. The van der Waals surface area contributed by atoms with Crippen LogP contribution in [0.4, 0.5) is 0 Å². The number of ketones is 2. The molecular weight excluding hydrogens is 352 g/mol. The van der Waals surface area contributed by atoms with Gasteiger partial charge < -0.3 is 4.98 Å². The second-order valence-electron chi connectivity index (χ2n) is 8.60. The van der Waals surface area contributed by atoms with Crippen molar-refractivity contribution < 1.29 is 9.59 Å². The zero-order valence-corrected chi connectivity index (χ0v) is 16.0. The summed E-state index contributed by atoms with van der Waals surface area (Å²) in [6, 6.07) is 4.05. The fourth-order valence-electron chi connectivity index (χ4n) is 5.59. The summed E-state index contributed by atoms with van der Waals surface area (Å²) >= 11 is 0. The van der Waals surface area contributed by atoms with Crippen LogP contribution in [-0.2, 0) is 15.0 Å². The zero-order valence-electron chi connectivity index (χ0n) is 16.0. The molecule has 0 aliphatic heterocycles. The summed E-state index contributed by atoms with van der Waals surface area (Å²) in [5.41, 5.74) is -1.13. The first-order valence-corrected chi connectivity index (χ1v) is 9.28. The van der Waals surface area contributed by atoms with Gasteiger partial charge in [-0.3, -0.25) is 9.59 Å². The van der Waals surface area contributed by atoms with Crippen LogP contribution in [0.15, 0.2) is 47.3 Å². The Morgan fingerprint density at radius 3 is 2.46 bits per heavy atom. The monoisotopic (exact) mass is 372 g/mol. The summed E-state index contributed by atoms with van der Waals surface area (Å²) in [5, 5.41) is 19.0. The van der Waals surface area contributed by atoms with Crippen molar-refractivity contribution in [2.75, 3.05) is 0 Å². The van der Waals surface area contributed by atoms with E-state index in [9.17, 15) is 20.1 Å². The molecule has 0 bridgehead atoms. The number of nitrogens with one attached hydrogen (secondary N) is 1. The molecule has 0 spiro atoms. The molecule has 3 atom stereocenters. The molecule has 3 aliphatic carbocycles. The fourth-order valence-corrected chi connectivity index (χ4v) is 5.59. The van der Waals surface area contributed by atoms with Gasteiger partial charge in [0.25, 0.3) is 0 Å². The van der Waals surface area contributed by atoms with Crippen molar-refractivity contribution in [1.29, 1.82) is 10.5 Å². The topological polar surface area (TPSA) is 110 Å². The summed E-state index contributed by atoms with van der Waals surface area (Å²) in [6.45, 7) is 5.75. The molecule has 140 valence electrons. The smallest absolute Gasteiger partial charge is 0.196 e. The van der Waals surface area contributed by atoms with Gasteiger partial charge in [0.1, 0.15) is 18.0 Å². The number of carbonyl (C=O) groups excluding carboxylic acids is 2. The van der Waals surface area contributed by atoms with Crippen LogP contribution in [0.3, 0.4) is 0 Å². The Labute approximate surface area is 163 Å². The van der Waals surface area contributed by atoms with Crippen molar-refractivity contribution in [3.8, 4) is 12.1 Å². The number of H-pyrrole nitrogens is 1. The van der Waals surface area contributed by atoms with Gasteiger partial charge in [-0.05, 0) is 36.5 Å². The molecule has 6 nitrogen and oxygen atoms in total. The predicted octanol–water partition coefficient (Wildman–Crippen LogP) is 3.08. The molecule has 0 saturated heterocycles. The quantitative estimate of drug-likeness (QED) is 0.814. The maximum Gasteiger partial charge on any atom is 0.196 e. The van der Waals surface area contributed by atoms with E-state index in [1.165, 1.54) is 6.08 Å². The maximum atomic E-state index is 12.9. The number of hydrogen-bond donors (Lipinski definition) is 1. The molecule has 0 aromatic carbocycles. The normalized spacial score (nSPS) is 33.5. The minimum absolute atomic E-state index is 0.0660. The molecule has 1 N–H and O–H groups in total. The SMILES string of the molecule is CC1(C)C(=O)C(C#N)=C[C@]2(C)C3=CC(=O)C(C#N)=CC3(c3ncc[nH]3)CCC12. The van der Waals surface area contributed by atoms with Gasteiger partial charge in [0.2, 0.25) is 0 Å². The molecule has 6 heteroatoms. The standard InChI is InChI=1S/C22H20N4O2/c1-20(2)16-4-5-22(19-25-6-7-26-19)10-13(11-23)15(27)8-17(22)21(16,3)9-14(12-24)18(20)28/h6-10,16H,4-5H2,1-3H3,(H,25,26)/t16?,21-,22?/m0/s1. The molecule has 28 heavy (non-hydrogen) atoms. The van der Waals surface area contributed by atoms with E-state index in [0.29, 0.717) is 18.7 Å². The summed E-state index contributed by atoms with van der Waals surface area (Å²) < 4.78 is 0. The number of carbonyl (C=O) groups is 2. The second-order valence-corrected chi connectivity index (χ2v) is 8.60. The molecule has 1 fully saturated rings. The number of hydrogen-bond acceptors (Lipinski definition) is 5. The summed E-state index contributed by atoms with van der Waals surface area (Å²) in [5.74, 6) is 0.103. The van der Waals surface area contributed by atoms with Gasteiger partial charge in [0, 0.05) is 23.2 Å². The number of rotatable bonds is 1. The number of nitrogens with zero attached hydrogens (tertiary/aromatic N) is 3. The van der Waals surface area contributed by atoms with E-state index in [-0.39, 0.29) is 28.6 Å². The fraction of sp³-hybridized carbons (Fsp3) is 0.409. The molecule has 1 saturated carbocycles. The Bertz CT molecular complexity index is 1070. The highest BCUT2D eigenvalue weighted by molar-refractivity contribution is 6.10. The Hall–Kier alpha value is -3.25. The van der Waals surface area contributed by atoms with Gasteiger partial charge in [0.15, 0.2) is 11.6 Å². The van der Waals surface area contributed by atoms with Crippen LogP contribution >= 0.6 is 0 Å². The number of allylic oxidation sites excluding steroid dienone is 6. The maximum absolute atomic E-state index is 12.9. The van der Waals surface area contributed by atoms with Gasteiger partial charge in [-0.1, -0.05) is 26.8 Å². The van der Waals surface area contributed by atoms with Gasteiger partial charge in [-0.15, -0.1) is 0 Å². The van der Waals surface area contributed by atoms with Gasteiger partial charge >= 0.3 is 0 Å². The van der Waals surface area contributed by atoms with Crippen LogP contribution in [0, 0.1) is 39.4 Å². The van der Waals surface area contributed by atoms with Crippen molar-refractivity contribution >= 4 is 11.6 Å². The predicted molar refractivity (Wildman–Crippen MR) is 100 cm³/mol. The largest absolute Gasteiger partial charge is 0.348 e. The minimum atomic E-state index is -0.735. The first-order chi connectivity index (χ1) is 13.2. The zero-order chi connectivity index (χ0) is 20.3. The van der Waals surface area contributed by atoms with Crippen LogP contribution in [-0.4, -0.2) is 21.5 Å². The minimum Gasteiger partial charge on any atom is -0.348 e. The van der Waals surface area contributed by atoms with E-state index in [1.807, 2.05) is 32.9 Å².